The minimum atomic E-state index is 0.903. The summed E-state index contributed by atoms with van der Waals surface area (Å²) in [6, 6.07) is 96.7. The Morgan fingerprint density at radius 2 is 0.775 bits per heavy atom. The predicted octanol–water partition coefficient (Wildman–Crippen LogP) is 19.1. The van der Waals surface area contributed by atoms with Crippen LogP contribution in [0.3, 0.4) is 0 Å². The van der Waals surface area contributed by atoms with Crippen molar-refractivity contribution in [3.8, 4) is 50.2 Å². The first-order chi connectivity index (χ1) is 35.2. The van der Waals surface area contributed by atoms with E-state index in [1.165, 1.54) is 71.2 Å². The van der Waals surface area contributed by atoms with Gasteiger partial charge in [-0.3, -0.25) is 0 Å². The Hall–Kier alpha value is -9.44. The van der Waals surface area contributed by atoms with Crippen molar-refractivity contribution in [2.75, 3.05) is 4.90 Å². The zero-order valence-electron chi connectivity index (χ0n) is 38.7. The van der Waals surface area contributed by atoms with Crippen LogP contribution in [-0.2, 0) is 0 Å². The first-order valence-corrected chi connectivity index (χ1v) is 24.3. The topological polar surface area (TPSA) is 21.3 Å². The van der Waals surface area contributed by atoms with Crippen LogP contribution < -0.4 is 4.90 Å². The Balaban J connectivity index is 0.795. The number of aromatic nitrogens is 1. The highest BCUT2D eigenvalue weighted by Gasteiger charge is 2.17. The van der Waals surface area contributed by atoms with Crippen LogP contribution in [0.2, 0.25) is 0 Å². The van der Waals surface area contributed by atoms with Gasteiger partial charge in [0.25, 0.3) is 0 Å². The van der Waals surface area contributed by atoms with E-state index in [0.29, 0.717) is 0 Å². The lowest BCUT2D eigenvalue weighted by Gasteiger charge is -2.26. The minimum absolute atomic E-state index is 0.903. The van der Waals surface area contributed by atoms with Crippen molar-refractivity contribution >= 4 is 82.4 Å². The van der Waals surface area contributed by atoms with E-state index in [2.05, 4.69) is 264 Å². The van der Waals surface area contributed by atoms with Crippen molar-refractivity contribution in [3.05, 3.63) is 267 Å². The van der Waals surface area contributed by atoms with Crippen LogP contribution in [0.1, 0.15) is 0 Å². The summed E-state index contributed by atoms with van der Waals surface area (Å²) in [6.07, 6.45) is 0. The van der Waals surface area contributed by atoms with Gasteiger partial charge < -0.3 is 13.9 Å². The van der Waals surface area contributed by atoms with Crippen molar-refractivity contribution in [1.29, 1.82) is 0 Å². The van der Waals surface area contributed by atoms with Crippen molar-refractivity contribution in [1.82, 2.24) is 4.57 Å². The van der Waals surface area contributed by atoms with Crippen molar-refractivity contribution in [3.63, 3.8) is 0 Å². The zero-order chi connectivity index (χ0) is 46.8. The Morgan fingerprint density at radius 3 is 1.48 bits per heavy atom. The predicted molar refractivity (Wildman–Crippen MR) is 299 cm³/mol. The summed E-state index contributed by atoms with van der Waals surface area (Å²) < 4.78 is 8.64. The van der Waals surface area contributed by atoms with Crippen LogP contribution in [0.25, 0.3) is 115 Å². The second-order valence-electron chi connectivity index (χ2n) is 18.5. The highest BCUT2D eigenvalue weighted by molar-refractivity contribution is 6.13. The Labute approximate surface area is 411 Å². The maximum atomic E-state index is 6.26. The molecule has 0 saturated carbocycles. The molecule has 0 N–H and O–H groups in total. The number of furan rings is 1. The maximum Gasteiger partial charge on any atom is 0.136 e. The van der Waals surface area contributed by atoms with Gasteiger partial charge >= 0.3 is 0 Å². The molecule has 2 aromatic heterocycles. The van der Waals surface area contributed by atoms with E-state index >= 15 is 0 Å². The molecule has 0 aliphatic carbocycles. The number of para-hydroxylation sites is 3. The average Bonchev–Trinajstić information content (AvgIpc) is 4.00. The molecule has 14 aromatic rings. The van der Waals surface area contributed by atoms with Gasteiger partial charge in [-0.15, -0.1) is 0 Å². The zero-order valence-corrected chi connectivity index (χ0v) is 38.7. The third-order valence-electron chi connectivity index (χ3n) is 14.4. The fourth-order valence-corrected chi connectivity index (χ4v) is 11.0. The summed E-state index contributed by atoms with van der Waals surface area (Å²) in [7, 11) is 0. The van der Waals surface area contributed by atoms with Crippen molar-refractivity contribution in [2.24, 2.45) is 0 Å². The monoisotopic (exact) mass is 904 g/mol. The number of hydrogen-bond acceptors (Lipinski definition) is 2. The summed E-state index contributed by atoms with van der Waals surface area (Å²) in [5.41, 5.74) is 18.0. The molecular weight excluding hydrogens is 861 g/mol. The third-order valence-corrected chi connectivity index (χ3v) is 14.4. The van der Waals surface area contributed by atoms with Crippen LogP contribution in [0.5, 0.6) is 0 Å². The molecule has 2 heterocycles. The first kappa shape index (κ1) is 40.6. The fourth-order valence-electron chi connectivity index (χ4n) is 11.0. The second-order valence-corrected chi connectivity index (χ2v) is 18.5. The first-order valence-electron chi connectivity index (χ1n) is 24.3. The highest BCUT2D eigenvalue weighted by Crippen LogP contribution is 2.42. The molecular formula is C68H44N2O. The molecule has 0 bridgehead atoms. The summed E-state index contributed by atoms with van der Waals surface area (Å²) in [5, 5.41) is 9.78. The highest BCUT2D eigenvalue weighted by atomic mass is 16.3. The number of nitrogens with zero attached hydrogens (tertiary/aromatic N) is 2. The van der Waals surface area contributed by atoms with E-state index in [9.17, 15) is 0 Å². The molecule has 0 saturated heterocycles. The SMILES string of the molecule is c1cc(-c2ccc(N(c3ccc(-c4ccc(-c5cccc(-n6c7ccccc7c7ccccc76)c5)cc4)cc3)c3ccc4c(ccc5ccccc54)c3)cc2)cc(-c2cccc3oc4ccccc4c23)c1. The lowest BCUT2D eigenvalue weighted by atomic mass is 9.95. The number of fused-ring (bicyclic) bond motifs is 9. The molecule has 0 atom stereocenters. The molecule has 3 heteroatoms. The Bertz CT molecular complexity index is 4280. The van der Waals surface area contributed by atoms with Crippen molar-refractivity contribution in [2.45, 2.75) is 0 Å². The van der Waals surface area contributed by atoms with Gasteiger partial charge in [0, 0.05) is 44.3 Å². The van der Waals surface area contributed by atoms with Gasteiger partial charge in [0.15, 0.2) is 0 Å². The number of rotatable bonds is 8. The molecule has 0 fully saturated rings. The van der Waals surface area contributed by atoms with Gasteiger partial charge in [0.05, 0.1) is 11.0 Å². The molecule has 0 amide bonds. The normalized spacial score (nSPS) is 11.7. The summed E-state index contributed by atoms with van der Waals surface area (Å²) in [6.45, 7) is 0. The smallest absolute Gasteiger partial charge is 0.136 e. The number of benzene rings is 12. The molecule has 12 aromatic carbocycles. The quantitative estimate of drug-likeness (QED) is 0.142. The van der Waals surface area contributed by atoms with Crippen LogP contribution in [0, 0.1) is 0 Å². The minimum Gasteiger partial charge on any atom is -0.456 e. The van der Waals surface area contributed by atoms with Crippen LogP contribution in [0.15, 0.2) is 271 Å². The summed E-state index contributed by atoms with van der Waals surface area (Å²) >= 11 is 0. The Morgan fingerprint density at radius 1 is 0.282 bits per heavy atom. The molecule has 0 aliphatic rings. The molecule has 0 unspecified atom stereocenters. The fraction of sp³-hybridized carbons (Fsp3) is 0. The van der Waals surface area contributed by atoms with Crippen molar-refractivity contribution < 1.29 is 4.42 Å². The number of hydrogen-bond donors (Lipinski definition) is 0. The molecule has 71 heavy (non-hydrogen) atoms. The van der Waals surface area contributed by atoms with Crippen LogP contribution in [-0.4, -0.2) is 4.57 Å². The molecule has 3 nitrogen and oxygen atoms in total. The molecule has 0 radical (unpaired) electrons. The lowest BCUT2D eigenvalue weighted by Crippen LogP contribution is -2.09. The van der Waals surface area contributed by atoms with Gasteiger partial charge in [-0.05, 0) is 145 Å². The van der Waals surface area contributed by atoms with E-state index in [4.69, 9.17) is 4.42 Å². The van der Waals surface area contributed by atoms with Gasteiger partial charge in [0.2, 0.25) is 0 Å². The van der Waals surface area contributed by atoms with E-state index in [1.807, 2.05) is 12.1 Å². The van der Waals surface area contributed by atoms with Crippen LogP contribution in [0.4, 0.5) is 17.1 Å². The average molecular weight is 905 g/mol. The standard InChI is InChI=1S/C68H44N2O/c1-2-17-58-49(12-1)30-31-53-44-57(40-41-59(53)58)69(55-38-34-48(35-39-55)50-13-9-15-52(42-50)60-21-11-25-67-68(60)63-20-5-8-24-66(63)71-67)54-36-32-46(33-37-54)45-26-28-47(29-27-45)51-14-10-16-56(43-51)70-64-22-6-3-18-61(64)62-19-4-7-23-65(62)70/h1-44H. The Kier molecular flexibility index (Phi) is 9.53. The van der Waals surface area contributed by atoms with Gasteiger partial charge in [-0.2, -0.15) is 0 Å². The molecule has 0 spiro atoms. The van der Waals surface area contributed by atoms with E-state index < -0.39 is 0 Å². The molecule has 14 rings (SSSR count). The van der Waals surface area contributed by atoms with E-state index in [0.717, 1.165) is 61.4 Å². The summed E-state index contributed by atoms with van der Waals surface area (Å²) in [4.78, 5) is 2.37. The number of anilines is 3. The second kappa shape index (κ2) is 16.7. The van der Waals surface area contributed by atoms with Gasteiger partial charge in [0.1, 0.15) is 11.2 Å². The van der Waals surface area contributed by atoms with E-state index in [-0.39, 0.29) is 0 Å². The third kappa shape index (κ3) is 6.97. The van der Waals surface area contributed by atoms with Gasteiger partial charge in [-0.25, -0.2) is 0 Å². The summed E-state index contributed by atoms with van der Waals surface area (Å²) in [5.74, 6) is 0. The van der Waals surface area contributed by atoms with E-state index in [1.54, 1.807) is 0 Å². The van der Waals surface area contributed by atoms with Gasteiger partial charge in [-0.1, -0.05) is 188 Å². The molecule has 332 valence electrons. The lowest BCUT2D eigenvalue weighted by molar-refractivity contribution is 0.669. The van der Waals surface area contributed by atoms with Crippen LogP contribution >= 0.6 is 0 Å². The molecule has 0 aliphatic heterocycles. The maximum absolute atomic E-state index is 6.26. The largest absolute Gasteiger partial charge is 0.456 e.